The molecule has 1 N–H and O–H groups in total. The molecule has 3 aromatic rings. The summed E-state index contributed by atoms with van der Waals surface area (Å²) in [6.07, 6.45) is 3.39. The Morgan fingerprint density at radius 3 is 2.75 bits per heavy atom. The summed E-state index contributed by atoms with van der Waals surface area (Å²) in [6, 6.07) is 10.1. The van der Waals surface area contributed by atoms with Crippen LogP contribution in [0.3, 0.4) is 0 Å². The van der Waals surface area contributed by atoms with E-state index in [2.05, 4.69) is 32.3 Å². The summed E-state index contributed by atoms with van der Waals surface area (Å²) >= 11 is 2.97. The van der Waals surface area contributed by atoms with Gasteiger partial charge >= 0.3 is 5.97 Å². The summed E-state index contributed by atoms with van der Waals surface area (Å²) in [5.74, 6) is -0.0647. The van der Waals surface area contributed by atoms with Crippen molar-refractivity contribution in [2.45, 2.75) is 18.6 Å². The summed E-state index contributed by atoms with van der Waals surface area (Å²) < 4.78 is 10.7. The molecule has 1 fully saturated rings. The van der Waals surface area contributed by atoms with E-state index in [1.54, 1.807) is 18.3 Å². The third-order valence-electron chi connectivity index (χ3n) is 4.89. The molecule has 4 rings (SSSR count). The smallest absolute Gasteiger partial charge is 0.343 e. The van der Waals surface area contributed by atoms with Crippen LogP contribution in [0.5, 0.6) is 0 Å². The standard InChI is InChI=1S/C22H25N5O3S2/c1-3-30-20(28)16-13-23-21(31-2)25-19(16)26-22-24-18(15-7-5-4-6-8-15)17(32-22)14-27-9-11-29-12-10-27/h4-8,13H,3,9-12,14H2,1-2H3,(H,23,24,25,26). The topological polar surface area (TPSA) is 89.5 Å². The van der Waals surface area contributed by atoms with Gasteiger partial charge < -0.3 is 14.8 Å². The van der Waals surface area contributed by atoms with Crippen molar-refractivity contribution in [2.75, 3.05) is 44.5 Å². The van der Waals surface area contributed by atoms with Crippen LogP contribution >= 0.6 is 23.1 Å². The zero-order valence-electron chi connectivity index (χ0n) is 18.0. The second kappa shape index (κ2) is 10.9. The highest BCUT2D eigenvalue weighted by atomic mass is 32.2. The van der Waals surface area contributed by atoms with Crippen LogP contribution in [0.15, 0.2) is 41.7 Å². The predicted octanol–water partition coefficient (Wildman–Crippen LogP) is 4.07. The molecule has 32 heavy (non-hydrogen) atoms. The Bertz CT molecular complexity index is 1050. The molecule has 1 aliphatic rings. The molecule has 1 aromatic carbocycles. The summed E-state index contributed by atoms with van der Waals surface area (Å²) in [5, 5.41) is 4.49. The lowest BCUT2D eigenvalue weighted by atomic mass is 10.1. The SMILES string of the molecule is CCOC(=O)c1cnc(SC)nc1Nc1nc(-c2ccccc2)c(CN2CCOCC2)s1. The zero-order chi connectivity index (χ0) is 22.3. The number of carbonyl (C=O) groups excluding carboxylic acids is 1. The van der Waals surface area contributed by atoms with Gasteiger partial charge in [-0.2, -0.15) is 0 Å². The monoisotopic (exact) mass is 471 g/mol. The number of nitrogens with zero attached hydrogens (tertiary/aromatic N) is 4. The number of rotatable bonds is 8. The van der Waals surface area contributed by atoms with E-state index in [1.165, 1.54) is 18.0 Å². The minimum Gasteiger partial charge on any atom is -0.462 e. The largest absolute Gasteiger partial charge is 0.462 e. The average Bonchev–Trinajstić information content (AvgIpc) is 3.22. The maximum atomic E-state index is 12.4. The van der Waals surface area contributed by atoms with Gasteiger partial charge in [0.1, 0.15) is 5.56 Å². The highest BCUT2D eigenvalue weighted by Gasteiger charge is 2.21. The maximum Gasteiger partial charge on any atom is 0.343 e. The fourth-order valence-electron chi connectivity index (χ4n) is 3.32. The quantitative estimate of drug-likeness (QED) is 0.296. The first-order valence-corrected chi connectivity index (χ1v) is 12.4. The first kappa shape index (κ1) is 22.7. The van der Waals surface area contributed by atoms with Gasteiger partial charge in [-0.3, -0.25) is 4.90 Å². The Balaban J connectivity index is 1.67. The molecule has 0 unspecified atom stereocenters. The van der Waals surface area contributed by atoms with Gasteiger partial charge in [0, 0.05) is 36.3 Å². The van der Waals surface area contributed by atoms with Crippen molar-refractivity contribution >= 4 is 40.0 Å². The van der Waals surface area contributed by atoms with Crippen molar-refractivity contribution in [2.24, 2.45) is 0 Å². The summed E-state index contributed by atoms with van der Waals surface area (Å²) in [6.45, 7) is 6.11. The Morgan fingerprint density at radius 1 is 1.25 bits per heavy atom. The van der Waals surface area contributed by atoms with Gasteiger partial charge in [0.25, 0.3) is 0 Å². The van der Waals surface area contributed by atoms with Gasteiger partial charge in [-0.25, -0.2) is 19.7 Å². The number of esters is 1. The number of hydrogen-bond acceptors (Lipinski definition) is 10. The number of benzene rings is 1. The molecule has 3 heterocycles. The van der Waals surface area contributed by atoms with E-state index in [4.69, 9.17) is 14.5 Å². The lowest BCUT2D eigenvalue weighted by Crippen LogP contribution is -2.35. The van der Waals surface area contributed by atoms with Gasteiger partial charge in [-0.15, -0.1) is 0 Å². The first-order chi connectivity index (χ1) is 15.7. The van der Waals surface area contributed by atoms with Crippen molar-refractivity contribution in [1.82, 2.24) is 19.9 Å². The van der Waals surface area contributed by atoms with E-state index in [1.807, 2.05) is 24.5 Å². The van der Waals surface area contributed by atoms with Crippen molar-refractivity contribution in [3.05, 3.63) is 47.0 Å². The lowest BCUT2D eigenvalue weighted by molar-refractivity contribution is 0.0347. The number of hydrogen-bond donors (Lipinski definition) is 1. The number of anilines is 2. The van der Waals surface area contributed by atoms with E-state index in [-0.39, 0.29) is 12.2 Å². The molecule has 8 nitrogen and oxygen atoms in total. The fourth-order valence-corrected chi connectivity index (χ4v) is 4.68. The van der Waals surface area contributed by atoms with Gasteiger partial charge in [0.15, 0.2) is 16.1 Å². The number of morpholine rings is 1. The molecule has 0 bridgehead atoms. The molecule has 0 spiro atoms. The maximum absolute atomic E-state index is 12.4. The number of ether oxygens (including phenoxy) is 2. The number of carbonyl (C=O) groups is 1. The molecular formula is C22H25N5O3S2. The summed E-state index contributed by atoms with van der Waals surface area (Å²) in [5.41, 5.74) is 2.27. The predicted molar refractivity (Wildman–Crippen MR) is 127 cm³/mol. The molecule has 1 aliphatic heterocycles. The van der Waals surface area contributed by atoms with E-state index in [0.29, 0.717) is 16.1 Å². The second-order valence-corrected chi connectivity index (χ2v) is 8.87. The Labute approximate surface area is 195 Å². The third-order valence-corrected chi connectivity index (χ3v) is 6.40. The van der Waals surface area contributed by atoms with Gasteiger partial charge in [-0.05, 0) is 13.2 Å². The molecule has 10 heteroatoms. The van der Waals surface area contributed by atoms with Gasteiger partial charge in [-0.1, -0.05) is 53.4 Å². The van der Waals surface area contributed by atoms with Gasteiger partial charge in [0.2, 0.25) is 0 Å². The fraction of sp³-hybridized carbons (Fsp3) is 0.364. The Hall–Kier alpha value is -2.53. The number of thiazole rings is 1. The van der Waals surface area contributed by atoms with Crippen LogP contribution in [-0.4, -0.2) is 65.0 Å². The van der Waals surface area contributed by atoms with Crippen LogP contribution in [0.4, 0.5) is 10.9 Å². The van der Waals surface area contributed by atoms with Crippen LogP contribution in [0.1, 0.15) is 22.2 Å². The van der Waals surface area contributed by atoms with Crippen LogP contribution in [-0.2, 0) is 16.0 Å². The highest BCUT2D eigenvalue weighted by molar-refractivity contribution is 7.98. The number of nitrogens with one attached hydrogen (secondary N) is 1. The highest BCUT2D eigenvalue weighted by Crippen LogP contribution is 2.34. The van der Waals surface area contributed by atoms with Crippen LogP contribution in [0, 0.1) is 0 Å². The summed E-state index contributed by atoms with van der Waals surface area (Å²) in [4.78, 5) is 29.5. The molecule has 0 atom stereocenters. The minimum atomic E-state index is -0.462. The first-order valence-electron chi connectivity index (χ1n) is 10.4. The number of aromatic nitrogens is 3. The van der Waals surface area contributed by atoms with Crippen molar-refractivity contribution in [3.63, 3.8) is 0 Å². The third kappa shape index (κ3) is 5.44. The van der Waals surface area contributed by atoms with Crippen molar-refractivity contribution in [3.8, 4) is 11.3 Å². The molecule has 0 aliphatic carbocycles. The van der Waals surface area contributed by atoms with Crippen LogP contribution in [0.25, 0.3) is 11.3 Å². The lowest BCUT2D eigenvalue weighted by Gasteiger charge is -2.26. The van der Waals surface area contributed by atoms with E-state index in [9.17, 15) is 4.79 Å². The molecule has 2 aromatic heterocycles. The molecule has 0 amide bonds. The van der Waals surface area contributed by atoms with Gasteiger partial charge in [0.05, 0.1) is 25.5 Å². The Morgan fingerprint density at radius 2 is 2.03 bits per heavy atom. The molecule has 0 radical (unpaired) electrons. The van der Waals surface area contributed by atoms with Crippen LogP contribution in [0.2, 0.25) is 0 Å². The van der Waals surface area contributed by atoms with Crippen LogP contribution < -0.4 is 5.32 Å². The molecule has 1 saturated heterocycles. The minimum absolute atomic E-state index is 0.279. The van der Waals surface area contributed by atoms with E-state index in [0.717, 1.165) is 49.0 Å². The average molecular weight is 472 g/mol. The number of thioether (sulfide) groups is 1. The second-order valence-electron chi connectivity index (χ2n) is 7.01. The van der Waals surface area contributed by atoms with Crippen molar-refractivity contribution in [1.29, 1.82) is 0 Å². The molecule has 0 saturated carbocycles. The zero-order valence-corrected chi connectivity index (χ0v) is 19.7. The molecular weight excluding hydrogens is 446 g/mol. The van der Waals surface area contributed by atoms with Crippen molar-refractivity contribution < 1.29 is 14.3 Å². The summed E-state index contributed by atoms with van der Waals surface area (Å²) in [7, 11) is 0. The van der Waals surface area contributed by atoms with E-state index >= 15 is 0 Å². The molecule has 168 valence electrons. The Kier molecular flexibility index (Phi) is 7.69. The van der Waals surface area contributed by atoms with E-state index < -0.39 is 5.97 Å². The normalized spacial score (nSPS) is 14.3.